The van der Waals surface area contributed by atoms with E-state index in [0.717, 1.165) is 6.08 Å². The van der Waals surface area contributed by atoms with Crippen molar-refractivity contribution in [2.24, 2.45) is 5.73 Å². The van der Waals surface area contributed by atoms with Gasteiger partial charge in [-0.2, -0.15) is 0 Å². The number of ketones is 1. The van der Waals surface area contributed by atoms with Gasteiger partial charge in [-0.15, -0.1) is 0 Å². The monoisotopic (exact) mass is 198 g/mol. The fourth-order valence-corrected chi connectivity index (χ4v) is 0.636. The summed E-state index contributed by atoms with van der Waals surface area (Å²) in [6.07, 6.45) is 2.68. The van der Waals surface area contributed by atoms with E-state index in [1.54, 1.807) is 13.8 Å². The predicted molar refractivity (Wildman–Crippen MR) is 52.1 cm³/mol. The Kier molecular flexibility index (Phi) is 5.40. The van der Waals surface area contributed by atoms with E-state index in [2.05, 4.69) is 0 Å². The number of nitrogens with one attached hydrogen (secondary N) is 1. The SMILES string of the molecule is CC(C)OC(=O)C(N)/C=C/C(=O)C=N. The van der Waals surface area contributed by atoms with Crippen LogP contribution in [0.4, 0.5) is 0 Å². The first-order valence-corrected chi connectivity index (χ1v) is 4.16. The lowest BCUT2D eigenvalue weighted by atomic mass is 10.2. The van der Waals surface area contributed by atoms with E-state index in [9.17, 15) is 9.59 Å². The standard InChI is InChI=1S/C9H14N2O3/c1-6(2)14-9(13)8(11)4-3-7(12)5-10/h3-6,8,10H,11H2,1-2H3/b4-3+,10-5?. The average Bonchev–Trinajstić information content (AvgIpc) is 2.12. The maximum atomic E-state index is 11.1. The van der Waals surface area contributed by atoms with Crippen LogP contribution < -0.4 is 5.73 Å². The first kappa shape index (κ1) is 12.5. The van der Waals surface area contributed by atoms with E-state index in [-0.39, 0.29) is 6.10 Å². The molecule has 0 saturated heterocycles. The summed E-state index contributed by atoms with van der Waals surface area (Å²) in [4.78, 5) is 21.7. The van der Waals surface area contributed by atoms with Gasteiger partial charge in [-0.3, -0.25) is 9.59 Å². The van der Waals surface area contributed by atoms with Crippen LogP contribution in [0.2, 0.25) is 0 Å². The minimum atomic E-state index is -0.957. The molecule has 0 fully saturated rings. The minimum absolute atomic E-state index is 0.236. The second kappa shape index (κ2) is 6.04. The Morgan fingerprint density at radius 3 is 2.43 bits per heavy atom. The van der Waals surface area contributed by atoms with Crippen molar-refractivity contribution in [1.29, 1.82) is 5.41 Å². The van der Waals surface area contributed by atoms with Gasteiger partial charge in [0.25, 0.3) is 0 Å². The van der Waals surface area contributed by atoms with Crippen LogP contribution in [0.3, 0.4) is 0 Å². The molecule has 0 radical (unpaired) electrons. The smallest absolute Gasteiger partial charge is 0.327 e. The van der Waals surface area contributed by atoms with Gasteiger partial charge in [0.15, 0.2) is 5.78 Å². The maximum absolute atomic E-state index is 11.1. The molecule has 0 aromatic carbocycles. The van der Waals surface area contributed by atoms with E-state index in [0.29, 0.717) is 6.21 Å². The van der Waals surface area contributed by atoms with E-state index < -0.39 is 17.8 Å². The summed E-state index contributed by atoms with van der Waals surface area (Å²) >= 11 is 0. The molecule has 1 unspecified atom stereocenters. The maximum Gasteiger partial charge on any atom is 0.327 e. The van der Waals surface area contributed by atoms with Crippen LogP contribution in [0.5, 0.6) is 0 Å². The van der Waals surface area contributed by atoms with Crippen molar-refractivity contribution in [2.75, 3.05) is 0 Å². The Balaban J connectivity index is 4.13. The number of carbonyl (C=O) groups excluding carboxylic acids is 2. The molecule has 0 aromatic rings. The Morgan fingerprint density at radius 2 is 2.00 bits per heavy atom. The molecule has 0 heterocycles. The highest BCUT2D eigenvalue weighted by Gasteiger charge is 2.12. The average molecular weight is 198 g/mol. The van der Waals surface area contributed by atoms with Crippen molar-refractivity contribution in [2.45, 2.75) is 26.0 Å². The summed E-state index contributed by atoms with van der Waals surface area (Å²) in [5, 5.41) is 6.59. The zero-order valence-corrected chi connectivity index (χ0v) is 8.19. The van der Waals surface area contributed by atoms with Gasteiger partial charge < -0.3 is 15.9 Å². The van der Waals surface area contributed by atoms with E-state index in [1.165, 1.54) is 6.08 Å². The number of hydrogen-bond donors (Lipinski definition) is 2. The quantitative estimate of drug-likeness (QED) is 0.370. The molecule has 0 aliphatic rings. The third-order valence-corrected chi connectivity index (χ3v) is 1.23. The second-order valence-corrected chi connectivity index (χ2v) is 2.92. The second-order valence-electron chi connectivity index (χ2n) is 2.92. The van der Waals surface area contributed by atoms with E-state index in [1.807, 2.05) is 0 Å². The predicted octanol–water partition coefficient (Wildman–Crippen LogP) is 0.0402. The van der Waals surface area contributed by atoms with Crippen LogP contribution in [0.25, 0.3) is 0 Å². The molecular formula is C9H14N2O3. The summed E-state index contributed by atoms with van der Waals surface area (Å²) in [5.41, 5.74) is 5.38. The molecule has 0 saturated carbocycles. The number of ether oxygens (including phenoxy) is 1. The fourth-order valence-electron chi connectivity index (χ4n) is 0.636. The van der Waals surface area contributed by atoms with Gasteiger partial charge in [0.1, 0.15) is 6.04 Å². The number of carbonyl (C=O) groups is 2. The van der Waals surface area contributed by atoms with Crippen molar-refractivity contribution >= 4 is 18.0 Å². The molecule has 0 aliphatic heterocycles. The Hall–Kier alpha value is -1.49. The summed E-state index contributed by atoms with van der Waals surface area (Å²) in [5.74, 6) is -1.10. The topological polar surface area (TPSA) is 93.2 Å². The number of nitrogens with two attached hydrogens (primary N) is 1. The number of hydrogen-bond acceptors (Lipinski definition) is 5. The van der Waals surface area contributed by atoms with Gasteiger partial charge in [0.2, 0.25) is 0 Å². The van der Waals surface area contributed by atoms with Crippen LogP contribution in [-0.4, -0.2) is 30.1 Å². The molecule has 5 heteroatoms. The third kappa shape index (κ3) is 5.21. The zero-order valence-electron chi connectivity index (χ0n) is 8.19. The lowest BCUT2D eigenvalue weighted by molar-refractivity contribution is -0.147. The highest BCUT2D eigenvalue weighted by molar-refractivity contribution is 6.31. The fraction of sp³-hybridized carbons (Fsp3) is 0.444. The Bertz CT molecular complexity index is 259. The normalized spacial score (nSPS) is 12.9. The first-order valence-electron chi connectivity index (χ1n) is 4.16. The molecule has 1 atom stereocenters. The molecule has 3 N–H and O–H groups in total. The molecule has 0 amide bonds. The number of rotatable bonds is 5. The molecule has 0 bridgehead atoms. The summed E-state index contributed by atoms with van der Waals surface area (Å²) in [6.45, 7) is 3.41. The van der Waals surface area contributed by atoms with Crippen molar-refractivity contribution in [3.05, 3.63) is 12.2 Å². The largest absolute Gasteiger partial charge is 0.462 e. The third-order valence-electron chi connectivity index (χ3n) is 1.23. The zero-order chi connectivity index (χ0) is 11.1. The van der Waals surface area contributed by atoms with Crippen LogP contribution in [0.15, 0.2) is 12.2 Å². The molecule has 0 rings (SSSR count). The van der Waals surface area contributed by atoms with Crippen LogP contribution in [0, 0.1) is 5.41 Å². The van der Waals surface area contributed by atoms with Crippen molar-refractivity contribution in [3.8, 4) is 0 Å². The minimum Gasteiger partial charge on any atom is -0.462 e. The number of esters is 1. The van der Waals surface area contributed by atoms with Crippen LogP contribution >= 0.6 is 0 Å². The highest BCUT2D eigenvalue weighted by Crippen LogP contribution is 1.93. The van der Waals surface area contributed by atoms with Gasteiger partial charge in [0.05, 0.1) is 12.3 Å². The summed E-state index contributed by atoms with van der Waals surface area (Å²) < 4.78 is 4.79. The van der Waals surface area contributed by atoms with Gasteiger partial charge in [0, 0.05) is 0 Å². The van der Waals surface area contributed by atoms with Crippen molar-refractivity contribution < 1.29 is 14.3 Å². The van der Waals surface area contributed by atoms with Gasteiger partial charge in [-0.05, 0) is 19.9 Å². The highest BCUT2D eigenvalue weighted by atomic mass is 16.5. The molecule has 5 nitrogen and oxygen atoms in total. The summed E-state index contributed by atoms with van der Waals surface area (Å²) in [7, 11) is 0. The molecule has 0 aliphatic carbocycles. The van der Waals surface area contributed by atoms with Crippen molar-refractivity contribution in [3.63, 3.8) is 0 Å². The van der Waals surface area contributed by atoms with Crippen LogP contribution in [0.1, 0.15) is 13.8 Å². The molecule has 0 spiro atoms. The number of allylic oxidation sites excluding steroid dienone is 1. The van der Waals surface area contributed by atoms with Crippen LogP contribution in [-0.2, 0) is 14.3 Å². The molecular weight excluding hydrogens is 184 g/mol. The van der Waals surface area contributed by atoms with E-state index in [4.69, 9.17) is 15.9 Å². The first-order chi connectivity index (χ1) is 6.47. The lowest BCUT2D eigenvalue weighted by Crippen LogP contribution is -2.32. The lowest BCUT2D eigenvalue weighted by Gasteiger charge is -2.10. The van der Waals surface area contributed by atoms with Gasteiger partial charge in [-0.25, -0.2) is 0 Å². The summed E-state index contributed by atoms with van der Waals surface area (Å²) in [6, 6.07) is -0.957. The molecule has 0 aromatic heterocycles. The van der Waals surface area contributed by atoms with E-state index >= 15 is 0 Å². The molecule has 14 heavy (non-hydrogen) atoms. The van der Waals surface area contributed by atoms with Crippen molar-refractivity contribution in [1.82, 2.24) is 0 Å². The van der Waals surface area contributed by atoms with Gasteiger partial charge in [-0.1, -0.05) is 6.08 Å². The van der Waals surface area contributed by atoms with Gasteiger partial charge >= 0.3 is 5.97 Å². The Labute approximate surface area is 82.4 Å². The Morgan fingerprint density at radius 1 is 1.43 bits per heavy atom. The molecule has 78 valence electrons.